The van der Waals surface area contributed by atoms with Gasteiger partial charge < -0.3 is 5.32 Å². The molecule has 1 aliphatic rings. The third-order valence-electron chi connectivity index (χ3n) is 4.72. The van der Waals surface area contributed by atoms with Crippen molar-refractivity contribution in [3.05, 3.63) is 35.4 Å². The molecule has 1 fully saturated rings. The van der Waals surface area contributed by atoms with E-state index < -0.39 is 11.6 Å². The van der Waals surface area contributed by atoms with Gasteiger partial charge in [0, 0.05) is 17.7 Å². The van der Waals surface area contributed by atoms with Crippen molar-refractivity contribution >= 4 is 0 Å². The average molecular weight is 267 g/mol. The molecule has 1 nitrogen and oxygen atoms in total. The fourth-order valence-corrected chi connectivity index (χ4v) is 3.29. The van der Waals surface area contributed by atoms with Crippen LogP contribution in [0.15, 0.2) is 18.2 Å². The molecule has 1 aliphatic carbocycles. The molecule has 0 saturated heterocycles. The zero-order chi connectivity index (χ0) is 14.0. The van der Waals surface area contributed by atoms with E-state index in [-0.39, 0.29) is 6.04 Å². The van der Waals surface area contributed by atoms with Gasteiger partial charge in [-0.3, -0.25) is 0 Å². The number of halogens is 2. The summed E-state index contributed by atoms with van der Waals surface area (Å²) in [6.07, 6.45) is 3.39. The monoisotopic (exact) mass is 267 g/mol. The molecule has 1 aromatic rings. The van der Waals surface area contributed by atoms with Crippen LogP contribution in [0.4, 0.5) is 8.78 Å². The maximum Gasteiger partial charge on any atom is 0.130 e. The van der Waals surface area contributed by atoms with E-state index in [1.165, 1.54) is 12.5 Å². The molecule has 0 amide bonds. The van der Waals surface area contributed by atoms with E-state index in [1.54, 1.807) is 6.07 Å². The second kappa shape index (κ2) is 6.00. The average Bonchev–Trinajstić information content (AvgIpc) is 2.37. The molecule has 0 spiro atoms. The summed E-state index contributed by atoms with van der Waals surface area (Å²) in [5, 5.41) is 3.22. The zero-order valence-electron chi connectivity index (χ0n) is 11.9. The molecule has 1 N–H and O–H groups in total. The number of benzene rings is 1. The predicted octanol–water partition coefficient (Wildman–Crippen LogP) is 4.30. The van der Waals surface area contributed by atoms with Crippen LogP contribution in [-0.4, -0.2) is 7.05 Å². The van der Waals surface area contributed by atoms with Gasteiger partial charge in [-0.25, -0.2) is 8.78 Å². The topological polar surface area (TPSA) is 12.0 Å². The van der Waals surface area contributed by atoms with E-state index in [0.717, 1.165) is 24.8 Å². The lowest BCUT2D eigenvalue weighted by molar-refractivity contribution is 0.173. The molecule has 19 heavy (non-hydrogen) atoms. The Morgan fingerprint density at radius 2 is 1.89 bits per heavy atom. The SMILES string of the molecule is CNC(c1ccc(F)cc1F)C1CCC(C)C(C)C1. The molecule has 0 aliphatic heterocycles. The number of nitrogens with one attached hydrogen (secondary N) is 1. The molecule has 106 valence electrons. The van der Waals surface area contributed by atoms with Crippen LogP contribution in [0.1, 0.15) is 44.7 Å². The second-order valence-corrected chi connectivity index (χ2v) is 5.96. The first kappa shape index (κ1) is 14.4. The number of hydrogen-bond donors (Lipinski definition) is 1. The summed E-state index contributed by atoms with van der Waals surface area (Å²) in [6, 6.07) is 3.89. The van der Waals surface area contributed by atoms with Crippen molar-refractivity contribution < 1.29 is 8.78 Å². The lowest BCUT2D eigenvalue weighted by atomic mass is 9.72. The van der Waals surface area contributed by atoms with Gasteiger partial charge in [0.25, 0.3) is 0 Å². The van der Waals surface area contributed by atoms with E-state index in [1.807, 2.05) is 7.05 Å². The lowest BCUT2D eigenvalue weighted by Crippen LogP contribution is -2.32. The fraction of sp³-hybridized carbons (Fsp3) is 0.625. The lowest BCUT2D eigenvalue weighted by Gasteiger charge is -2.37. The van der Waals surface area contributed by atoms with Crippen molar-refractivity contribution in [1.29, 1.82) is 0 Å². The first-order valence-electron chi connectivity index (χ1n) is 7.15. The summed E-state index contributed by atoms with van der Waals surface area (Å²) >= 11 is 0. The van der Waals surface area contributed by atoms with Crippen LogP contribution in [0.2, 0.25) is 0 Å². The van der Waals surface area contributed by atoms with Crippen LogP contribution in [0.25, 0.3) is 0 Å². The Balaban J connectivity index is 2.20. The molecular formula is C16H23F2N. The quantitative estimate of drug-likeness (QED) is 0.861. The van der Waals surface area contributed by atoms with Crippen LogP contribution < -0.4 is 5.32 Å². The van der Waals surface area contributed by atoms with Crippen LogP contribution in [0, 0.1) is 29.4 Å². The molecule has 1 aromatic carbocycles. The van der Waals surface area contributed by atoms with Crippen molar-refractivity contribution in [2.45, 2.75) is 39.2 Å². The Morgan fingerprint density at radius 3 is 2.47 bits per heavy atom. The largest absolute Gasteiger partial charge is 0.313 e. The Kier molecular flexibility index (Phi) is 4.56. The van der Waals surface area contributed by atoms with Gasteiger partial charge >= 0.3 is 0 Å². The molecule has 2 rings (SSSR count). The van der Waals surface area contributed by atoms with Gasteiger partial charge in [0.2, 0.25) is 0 Å². The van der Waals surface area contributed by atoms with E-state index in [9.17, 15) is 8.78 Å². The summed E-state index contributed by atoms with van der Waals surface area (Å²) < 4.78 is 26.9. The van der Waals surface area contributed by atoms with Gasteiger partial charge in [-0.15, -0.1) is 0 Å². The van der Waals surface area contributed by atoms with Gasteiger partial charge in [0.1, 0.15) is 11.6 Å². The molecule has 0 heterocycles. The minimum absolute atomic E-state index is 0.0180. The third-order valence-corrected chi connectivity index (χ3v) is 4.72. The van der Waals surface area contributed by atoms with Gasteiger partial charge in [-0.2, -0.15) is 0 Å². The zero-order valence-corrected chi connectivity index (χ0v) is 11.9. The minimum atomic E-state index is -0.512. The van der Waals surface area contributed by atoms with Crippen LogP contribution in [-0.2, 0) is 0 Å². The highest BCUT2D eigenvalue weighted by atomic mass is 19.1. The van der Waals surface area contributed by atoms with Crippen molar-refractivity contribution in [3.63, 3.8) is 0 Å². The molecule has 1 saturated carbocycles. The van der Waals surface area contributed by atoms with Crippen molar-refractivity contribution in [2.75, 3.05) is 7.05 Å². The summed E-state index contributed by atoms with van der Waals surface area (Å²) in [4.78, 5) is 0. The first-order valence-corrected chi connectivity index (χ1v) is 7.15. The smallest absolute Gasteiger partial charge is 0.130 e. The van der Waals surface area contributed by atoms with Gasteiger partial charge in [-0.1, -0.05) is 26.3 Å². The minimum Gasteiger partial charge on any atom is -0.313 e. The van der Waals surface area contributed by atoms with Gasteiger partial charge in [0.05, 0.1) is 0 Å². The normalized spacial score (nSPS) is 29.2. The molecule has 4 unspecified atom stereocenters. The van der Waals surface area contributed by atoms with Crippen LogP contribution >= 0.6 is 0 Å². The van der Waals surface area contributed by atoms with Crippen LogP contribution in [0.5, 0.6) is 0 Å². The van der Waals surface area contributed by atoms with E-state index >= 15 is 0 Å². The highest BCUT2D eigenvalue weighted by molar-refractivity contribution is 5.23. The highest BCUT2D eigenvalue weighted by Gasteiger charge is 2.31. The third kappa shape index (κ3) is 3.14. The molecular weight excluding hydrogens is 244 g/mol. The molecule has 0 radical (unpaired) electrons. The Labute approximate surface area is 114 Å². The molecule has 0 aromatic heterocycles. The van der Waals surface area contributed by atoms with Crippen molar-refractivity contribution in [1.82, 2.24) is 5.32 Å². The second-order valence-electron chi connectivity index (χ2n) is 5.96. The first-order chi connectivity index (χ1) is 9.02. The van der Waals surface area contributed by atoms with Gasteiger partial charge in [0.15, 0.2) is 0 Å². The maximum atomic E-state index is 13.9. The van der Waals surface area contributed by atoms with E-state index in [4.69, 9.17) is 0 Å². The standard InChI is InChI=1S/C16H23F2N/c1-10-4-5-12(8-11(10)2)16(19-3)14-7-6-13(17)9-15(14)18/h6-7,9-12,16,19H,4-5,8H2,1-3H3. The summed E-state index contributed by atoms with van der Waals surface area (Å²) in [5.41, 5.74) is 0.593. The van der Waals surface area contributed by atoms with Crippen LogP contribution in [0.3, 0.4) is 0 Å². The van der Waals surface area contributed by atoms with Crippen molar-refractivity contribution in [2.24, 2.45) is 17.8 Å². The molecule has 4 atom stereocenters. The molecule has 0 bridgehead atoms. The van der Waals surface area contributed by atoms with Crippen molar-refractivity contribution in [3.8, 4) is 0 Å². The van der Waals surface area contributed by atoms with E-state index in [0.29, 0.717) is 17.4 Å². The summed E-state index contributed by atoms with van der Waals surface area (Å²) in [6.45, 7) is 4.55. The summed E-state index contributed by atoms with van der Waals surface area (Å²) in [7, 11) is 1.86. The Bertz CT molecular complexity index is 433. The number of hydrogen-bond acceptors (Lipinski definition) is 1. The molecule has 3 heteroatoms. The fourth-order valence-electron chi connectivity index (χ4n) is 3.29. The predicted molar refractivity (Wildman–Crippen MR) is 73.8 cm³/mol. The number of rotatable bonds is 3. The van der Waals surface area contributed by atoms with Gasteiger partial charge in [-0.05, 0) is 43.7 Å². The summed E-state index contributed by atoms with van der Waals surface area (Å²) in [5.74, 6) is 0.883. The Hall–Kier alpha value is -0.960. The maximum absolute atomic E-state index is 13.9. The highest BCUT2D eigenvalue weighted by Crippen LogP contribution is 2.40. The van der Waals surface area contributed by atoms with E-state index in [2.05, 4.69) is 19.2 Å². The Morgan fingerprint density at radius 1 is 1.16 bits per heavy atom.